The summed E-state index contributed by atoms with van der Waals surface area (Å²) < 4.78 is 0. The Morgan fingerprint density at radius 1 is 1.40 bits per heavy atom. The van der Waals surface area contributed by atoms with Gasteiger partial charge in [0, 0.05) is 12.5 Å². The van der Waals surface area contributed by atoms with Crippen LogP contribution < -0.4 is 5.32 Å². The lowest BCUT2D eigenvalue weighted by Crippen LogP contribution is -2.16. The van der Waals surface area contributed by atoms with Crippen LogP contribution in [-0.4, -0.2) is 7.05 Å². The summed E-state index contributed by atoms with van der Waals surface area (Å²) in [6.45, 7) is 4.02. The van der Waals surface area contributed by atoms with Gasteiger partial charge in [-0.3, -0.25) is 0 Å². The molecule has 0 heterocycles. The molecule has 0 aromatic heterocycles. The van der Waals surface area contributed by atoms with Gasteiger partial charge in [0.15, 0.2) is 0 Å². The molecular formula is C14H19N. The highest BCUT2D eigenvalue weighted by Gasteiger charge is 2.07. The second kappa shape index (κ2) is 6.27. The van der Waals surface area contributed by atoms with Crippen LogP contribution in [-0.2, 0) is 0 Å². The third-order valence-corrected chi connectivity index (χ3v) is 2.53. The molecule has 0 radical (unpaired) electrons. The minimum absolute atomic E-state index is 0.422. The van der Waals surface area contributed by atoms with Crippen LogP contribution in [0.5, 0.6) is 0 Å². The summed E-state index contributed by atoms with van der Waals surface area (Å²) in [6.07, 6.45) is 2.02. The van der Waals surface area contributed by atoms with E-state index in [1.54, 1.807) is 0 Å². The zero-order chi connectivity index (χ0) is 11.1. The maximum atomic E-state index is 3.34. The second-order valence-electron chi connectivity index (χ2n) is 3.72. The van der Waals surface area contributed by atoms with E-state index in [9.17, 15) is 0 Å². The van der Waals surface area contributed by atoms with Crippen LogP contribution in [0.4, 0.5) is 0 Å². The highest BCUT2D eigenvalue weighted by Crippen LogP contribution is 2.18. The highest BCUT2D eigenvalue weighted by atomic mass is 14.9. The van der Waals surface area contributed by atoms with Crippen molar-refractivity contribution in [2.24, 2.45) is 0 Å². The van der Waals surface area contributed by atoms with Gasteiger partial charge in [0.25, 0.3) is 0 Å². The van der Waals surface area contributed by atoms with Crippen molar-refractivity contribution in [1.29, 1.82) is 0 Å². The Hall–Kier alpha value is -1.26. The first-order valence-electron chi connectivity index (χ1n) is 5.41. The van der Waals surface area contributed by atoms with Gasteiger partial charge >= 0.3 is 0 Å². The van der Waals surface area contributed by atoms with Crippen LogP contribution in [0.2, 0.25) is 0 Å². The largest absolute Gasteiger partial charge is 0.313 e. The standard InChI is InChI=1S/C14H19N/c1-4-5-6-10-14(15-3)13-9-7-8-12(2)11-13/h7-9,11,14-15H,6,10H2,1-3H3. The topological polar surface area (TPSA) is 12.0 Å². The van der Waals surface area contributed by atoms with Crippen molar-refractivity contribution in [1.82, 2.24) is 5.32 Å². The zero-order valence-corrected chi connectivity index (χ0v) is 9.80. The molecule has 1 N–H and O–H groups in total. The fourth-order valence-electron chi connectivity index (χ4n) is 1.71. The molecule has 80 valence electrons. The van der Waals surface area contributed by atoms with E-state index in [-0.39, 0.29) is 0 Å². The van der Waals surface area contributed by atoms with E-state index in [1.807, 2.05) is 14.0 Å². The molecule has 0 fully saturated rings. The maximum Gasteiger partial charge on any atom is 0.0326 e. The van der Waals surface area contributed by atoms with Crippen LogP contribution in [0.15, 0.2) is 24.3 Å². The van der Waals surface area contributed by atoms with Crippen LogP contribution in [0.1, 0.15) is 36.9 Å². The maximum absolute atomic E-state index is 3.34. The average Bonchev–Trinajstić information content (AvgIpc) is 2.24. The quantitative estimate of drug-likeness (QED) is 0.738. The van der Waals surface area contributed by atoms with E-state index < -0.39 is 0 Å². The minimum Gasteiger partial charge on any atom is -0.313 e. The van der Waals surface area contributed by atoms with Gasteiger partial charge in [-0.25, -0.2) is 0 Å². The number of benzene rings is 1. The van der Waals surface area contributed by atoms with E-state index in [1.165, 1.54) is 11.1 Å². The van der Waals surface area contributed by atoms with Crippen LogP contribution in [0, 0.1) is 18.8 Å². The Kier molecular flexibility index (Phi) is 4.93. The van der Waals surface area contributed by atoms with Crippen LogP contribution in [0.25, 0.3) is 0 Å². The van der Waals surface area contributed by atoms with Crippen LogP contribution in [0.3, 0.4) is 0 Å². The monoisotopic (exact) mass is 201 g/mol. The van der Waals surface area contributed by atoms with Gasteiger partial charge < -0.3 is 5.32 Å². The molecule has 0 aliphatic heterocycles. The molecule has 0 bridgehead atoms. The van der Waals surface area contributed by atoms with Gasteiger partial charge in [0.2, 0.25) is 0 Å². The molecule has 15 heavy (non-hydrogen) atoms. The van der Waals surface area contributed by atoms with Crippen molar-refractivity contribution in [3.05, 3.63) is 35.4 Å². The normalized spacial score (nSPS) is 11.7. The van der Waals surface area contributed by atoms with Crippen LogP contribution >= 0.6 is 0 Å². The van der Waals surface area contributed by atoms with E-state index in [4.69, 9.17) is 0 Å². The molecular weight excluding hydrogens is 182 g/mol. The summed E-state index contributed by atoms with van der Waals surface area (Å²) in [4.78, 5) is 0. The Labute approximate surface area is 92.9 Å². The summed E-state index contributed by atoms with van der Waals surface area (Å²) in [5.41, 5.74) is 2.67. The lowest BCUT2D eigenvalue weighted by molar-refractivity contribution is 0.558. The summed E-state index contributed by atoms with van der Waals surface area (Å²) in [5, 5.41) is 3.34. The fourth-order valence-corrected chi connectivity index (χ4v) is 1.71. The Bertz CT molecular complexity index is 357. The van der Waals surface area contributed by atoms with Crippen molar-refractivity contribution in [3.63, 3.8) is 0 Å². The number of nitrogens with one attached hydrogen (secondary N) is 1. The van der Waals surface area contributed by atoms with E-state index in [0.717, 1.165) is 12.8 Å². The van der Waals surface area contributed by atoms with Crippen molar-refractivity contribution in [2.45, 2.75) is 32.7 Å². The Morgan fingerprint density at radius 2 is 2.20 bits per heavy atom. The second-order valence-corrected chi connectivity index (χ2v) is 3.72. The highest BCUT2D eigenvalue weighted by molar-refractivity contribution is 5.25. The fraction of sp³-hybridized carbons (Fsp3) is 0.429. The first-order valence-corrected chi connectivity index (χ1v) is 5.41. The number of hydrogen-bond acceptors (Lipinski definition) is 1. The van der Waals surface area contributed by atoms with E-state index >= 15 is 0 Å². The molecule has 0 saturated heterocycles. The van der Waals surface area contributed by atoms with Crippen molar-refractivity contribution < 1.29 is 0 Å². The molecule has 1 unspecified atom stereocenters. The van der Waals surface area contributed by atoms with Gasteiger partial charge in [-0.15, -0.1) is 11.8 Å². The molecule has 1 aromatic carbocycles. The minimum atomic E-state index is 0.422. The molecule has 0 spiro atoms. The zero-order valence-electron chi connectivity index (χ0n) is 9.80. The molecule has 1 aromatic rings. The summed E-state index contributed by atoms with van der Waals surface area (Å²) >= 11 is 0. The van der Waals surface area contributed by atoms with E-state index in [2.05, 4.69) is 48.3 Å². The van der Waals surface area contributed by atoms with Gasteiger partial charge in [-0.05, 0) is 32.9 Å². The molecule has 1 atom stereocenters. The first kappa shape index (κ1) is 11.8. The Morgan fingerprint density at radius 3 is 2.80 bits per heavy atom. The third kappa shape index (κ3) is 3.77. The number of hydrogen-bond donors (Lipinski definition) is 1. The number of aryl methyl sites for hydroxylation is 1. The molecule has 1 rings (SSSR count). The molecule has 0 saturated carbocycles. The molecule has 0 amide bonds. The smallest absolute Gasteiger partial charge is 0.0326 e. The van der Waals surface area contributed by atoms with E-state index in [0.29, 0.717) is 6.04 Å². The predicted molar refractivity (Wildman–Crippen MR) is 65.7 cm³/mol. The SMILES string of the molecule is CC#CCCC(NC)c1cccc(C)c1. The Balaban J connectivity index is 2.68. The predicted octanol–water partition coefficient (Wildman–Crippen LogP) is 3.06. The third-order valence-electron chi connectivity index (χ3n) is 2.53. The summed E-state index contributed by atoms with van der Waals surface area (Å²) in [7, 11) is 2.01. The van der Waals surface area contributed by atoms with Gasteiger partial charge in [0.1, 0.15) is 0 Å². The van der Waals surface area contributed by atoms with Crippen molar-refractivity contribution in [2.75, 3.05) is 7.05 Å². The first-order chi connectivity index (χ1) is 7.27. The van der Waals surface area contributed by atoms with Crippen molar-refractivity contribution >= 4 is 0 Å². The lowest BCUT2D eigenvalue weighted by Gasteiger charge is -2.15. The van der Waals surface area contributed by atoms with Gasteiger partial charge in [0.05, 0.1) is 0 Å². The number of rotatable bonds is 4. The summed E-state index contributed by atoms with van der Waals surface area (Å²) in [5.74, 6) is 6.04. The molecule has 0 aliphatic rings. The molecule has 1 heteroatoms. The van der Waals surface area contributed by atoms with Gasteiger partial charge in [-0.2, -0.15) is 0 Å². The molecule has 1 nitrogen and oxygen atoms in total. The summed E-state index contributed by atoms with van der Waals surface area (Å²) in [6, 6.07) is 9.07. The lowest BCUT2D eigenvalue weighted by atomic mass is 10.0. The van der Waals surface area contributed by atoms with Crippen molar-refractivity contribution in [3.8, 4) is 11.8 Å². The average molecular weight is 201 g/mol. The molecule has 0 aliphatic carbocycles. The van der Waals surface area contributed by atoms with Gasteiger partial charge in [-0.1, -0.05) is 29.8 Å².